The summed E-state index contributed by atoms with van der Waals surface area (Å²) in [5, 5.41) is 3.48. The molecule has 2 unspecified atom stereocenters. The van der Waals surface area contributed by atoms with E-state index in [1.165, 1.54) is 5.56 Å². The zero-order chi connectivity index (χ0) is 21.7. The summed E-state index contributed by atoms with van der Waals surface area (Å²) in [5.74, 6) is 1.08. The van der Waals surface area contributed by atoms with Crippen LogP contribution in [0.5, 0.6) is 0 Å². The molecule has 1 amide bonds. The lowest BCUT2D eigenvalue weighted by molar-refractivity contribution is 0.0179. The number of carbonyl (C=O) groups is 1. The van der Waals surface area contributed by atoms with Gasteiger partial charge in [-0.3, -0.25) is 4.79 Å². The first-order valence-electron chi connectivity index (χ1n) is 11.6. The Hall–Kier alpha value is -2.96. The van der Waals surface area contributed by atoms with E-state index in [1.807, 2.05) is 37.3 Å². The standard InChI is InChI=1S/C26H29N5O/c1-18-22(28-24(27-18)19-8-4-2-5-9-19)25(32)29-23-20-14-30-12-13-31(15-20)17-26(23,16-30)21-10-6-3-7-11-21/h2-11,20,23H,12-17H2,1H3,(H,27,28)(H,29,32)/t20?,23-,26?/m0/s1. The van der Waals surface area contributed by atoms with Gasteiger partial charge in [0.1, 0.15) is 11.5 Å². The first-order valence-corrected chi connectivity index (χ1v) is 11.6. The van der Waals surface area contributed by atoms with E-state index in [2.05, 4.69) is 55.4 Å². The largest absolute Gasteiger partial charge is 0.347 e. The lowest BCUT2D eigenvalue weighted by atomic mass is 9.64. The van der Waals surface area contributed by atoms with Crippen molar-refractivity contribution in [2.75, 3.05) is 39.3 Å². The number of nitrogens with one attached hydrogen (secondary N) is 2. The van der Waals surface area contributed by atoms with Crippen molar-refractivity contribution in [2.24, 2.45) is 5.92 Å². The molecule has 3 atom stereocenters. The van der Waals surface area contributed by atoms with E-state index in [0.717, 1.165) is 56.4 Å². The Labute approximate surface area is 188 Å². The highest BCUT2D eigenvalue weighted by Gasteiger charge is 2.55. The van der Waals surface area contributed by atoms with Crippen molar-refractivity contribution in [3.8, 4) is 11.4 Å². The summed E-state index contributed by atoms with van der Waals surface area (Å²) in [6.45, 7) is 8.24. The second-order valence-corrected chi connectivity index (χ2v) is 9.63. The minimum absolute atomic E-state index is 0.0719. The first kappa shape index (κ1) is 19.7. The Morgan fingerprint density at radius 2 is 1.62 bits per heavy atom. The molecule has 0 saturated carbocycles. The summed E-state index contributed by atoms with van der Waals surface area (Å²) in [5.41, 5.74) is 3.53. The fourth-order valence-corrected chi connectivity index (χ4v) is 6.19. The summed E-state index contributed by atoms with van der Waals surface area (Å²) >= 11 is 0. The van der Waals surface area contributed by atoms with Gasteiger partial charge in [0.15, 0.2) is 0 Å². The molecule has 1 aromatic heterocycles. The van der Waals surface area contributed by atoms with E-state index in [4.69, 9.17) is 0 Å². The van der Waals surface area contributed by atoms with Crippen LogP contribution in [0.4, 0.5) is 0 Å². The fourth-order valence-electron chi connectivity index (χ4n) is 6.19. The van der Waals surface area contributed by atoms with E-state index in [9.17, 15) is 4.79 Å². The van der Waals surface area contributed by atoms with Gasteiger partial charge in [0.05, 0.1) is 0 Å². The van der Waals surface area contributed by atoms with Crippen LogP contribution in [-0.2, 0) is 5.41 Å². The normalized spacial score (nSPS) is 30.8. The third-order valence-electron chi connectivity index (χ3n) is 7.58. The van der Waals surface area contributed by atoms with Gasteiger partial charge >= 0.3 is 0 Å². The average molecular weight is 428 g/mol. The number of piperidine rings is 2. The number of hydrogen-bond acceptors (Lipinski definition) is 4. The number of hydrogen-bond donors (Lipinski definition) is 2. The molecule has 4 saturated heterocycles. The maximum atomic E-state index is 13.5. The van der Waals surface area contributed by atoms with Crippen LogP contribution >= 0.6 is 0 Å². The zero-order valence-electron chi connectivity index (χ0n) is 18.4. The number of carbonyl (C=O) groups excluding carboxylic acids is 1. The number of aryl methyl sites for hydroxylation is 1. The Balaban J connectivity index is 1.34. The Morgan fingerprint density at radius 1 is 1.00 bits per heavy atom. The number of amides is 1. The van der Waals surface area contributed by atoms with Crippen LogP contribution < -0.4 is 5.32 Å². The second kappa shape index (κ2) is 7.57. The Morgan fingerprint density at radius 3 is 2.28 bits per heavy atom. The molecular formula is C26H29N5O. The van der Waals surface area contributed by atoms with Crippen molar-refractivity contribution >= 4 is 5.91 Å². The third-order valence-corrected chi connectivity index (χ3v) is 7.58. The van der Waals surface area contributed by atoms with Crippen molar-refractivity contribution in [2.45, 2.75) is 18.4 Å². The maximum absolute atomic E-state index is 13.5. The smallest absolute Gasteiger partial charge is 0.272 e. The van der Waals surface area contributed by atoms with Crippen molar-refractivity contribution < 1.29 is 4.79 Å². The summed E-state index contributed by atoms with van der Waals surface area (Å²) in [4.78, 5) is 26.7. The zero-order valence-corrected chi connectivity index (χ0v) is 18.4. The van der Waals surface area contributed by atoms with Crippen LogP contribution in [0, 0.1) is 12.8 Å². The van der Waals surface area contributed by atoms with Gasteiger partial charge in [0.25, 0.3) is 5.91 Å². The Bertz CT molecular complexity index is 1110. The molecule has 2 N–H and O–H groups in total. The van der Waals surface area contributed by atoms with E-state index in [1.54, 1.807) is 0 Å². The van der Waals surface area contributed by atoms with Gasteiger partial charge in [0.2, 0.25) is 0 Å². The van der Waals surface area contributed by atoms with Gasteiger partial charge < -0.3 is 20.1 Å². The first-order chi connectivity index (χ1) is 15.6. The summed E-state index contributed by atoms with van der Waals surface area (Å²) in [6, 6.07) is 20.9. The van der Waals surface area contributed by atoms with Crippen LogP contribution in [0.2, 0.25) is 0 Å². The molecule has 6 nitrogen and oxygen atoms in total. The molecule has 0 aliphatic carbocycles. The number of aromatic nitrogens is 2. The molecule has 4 aliphatic rings. The molecule has 4 bridgehead atoms. The molecule has 4 aliphatic heterocycles. The molecule has 0 radical (unpaired) electrons. The van der Waals surface area contributed by atoms with Gasteiger partial charge in [-0.2, -0.15) is 0 Å². The number of benzene rings is 2. The third kappa shape index (κ3) is 3.17. The predicted molar refractivity (Wildman–Crippen MR) is 125 cm³/mol. The van der Waals surface area contributed by atoms with E-state index in [-0.39, 0.29) is 17.4 Å². The van der Waals surface area contributed by atoms with E-state index in [0.29, 0.717) is 11.6 Å². The molecule has 32 heavy (non-hydrogen) atoms. The lowest BCUT2D eigenvalue weighted by Gasteiger charge is -2.55. The average Bonchev–Trinajstić information content (AvgIpc) is 3.04. The van der Waals surface area contributed by atoms with Crippen LogP contribution in [0.1, 0.15) is 21.7 Å². The quantitative estimate of drug-likeness (QED) is 0.672. The molecular weight excluding hydrogens is 398 g/mol. The number of fused-ring (bicyclic) bond motifs is 1. The van der Waals surface area contributed by atoms with Crippen molar-refractivity contribution in [3.05, 3.63) is 77.6 Å². The molecule has 4 fully saturated rings. The monoisotopic (exact) mass is 427 g/mol. The molecule has 0 spiro atoms. The van der Waals surface area contributed by atoms with E-state index < -0.39 is 0 Å². The SMILES string of the molecule is Cc1[nH]c(-c2ccccc2)nc1C(=O)N[C@H]1C2CN3CCN(C2)CC1(c1ccccc1)C3. The Kier molecular flexibility index (Phi) is 4.66. The van der Waals surface area contributed by atoms with Crippen molar-refractivity contribution in [1.82, 2.24) is 25.1 Å². The molecule has 6 heteroatoms. The number of nitrogens with zero attached hydrogens (tertiary/aromatic N) is 3. The number of rotatable bonds is 4. The van der Waals surface area contributed by atoms with Crippen LogP contribution in [0.3, 0.4) is 0 Å². The number of aromatic amines is 1. The second-order valence-electron chi connectivity index (χ2n) is 9.63. The van der Waals surface area contributed by atoms with Crippen LogP contribution in [-0.4, -0.2) is 71.0 Å². The summed E-state index contributed by atoms with van der Waals surface area (Å²) in [7, 11) is 0. The predicted octanol–water partition coefficient (Wildman–Crippen LogP) is 2.68. The molecule has 164 valence electrons. The molecule has 2 aromatic carbocycles. The van der Waals surface area contributed by atoms with Crippen LogP contribution in [0.15, 0.2) is 60.7 Å². The van der Waals surface area contributed by atoms with E-state index >= 15 is 0 Å². The molecule has 7 rings (SSSR count). The highest BCUT2D eigenvalue weighted by atomic mass is 16.2. The minimum atomic E-state index is -0.0962. The van der Waals surface area contributed by atoms with Gasteiger partial charge in [-0.15, -0.1) is 0 Å². The maximum Gasteiger partial charge on any atom is 0.272 e. The van der Waals surface area contributed by atoms with Gasteiger partial charge in [-0.25, -0.2) is 4.98 Å². The van der Waals surface area contributed by atoms with Crippen LogP contribution in [0.25, 0.3) is 11.4 Å². The number of imidazole rings is 1. The van der Waals surface area contributed by atoms with Gasteiger partial charge in [0, 0.05) is 67.9 Å². The number of H-pyrrole nitrogens is 1. The fraction of sp³-hybridized carbons (Fsp3) is 0.385. The van der Waals surface area contributed by atoms with Gasteiger partial charge in [-0.1, -0.05) is 60.7 Å². The lowest BCUT2D eigenvalue weighted by Crippen LogP contribution is -2.70. The van der Waals surface area contributed by atoms with Gasteiger partial charge in [-0.05, 0) is 12.5 Å². The molecule has 3 aromatic rings. The van der Waals surface area contributed by atoms with Crippen molar-refractivity contribution in [3.63, 3.8) is 0 Å². The minimum Gasteiger partial charge on any atom is -0.347 e. The highest BCUT2D eigenvalue weighted by molar-refractivity contribution is 5.94. The summed E-state index contributed by atoms with van der Waals surface area (Å²) in [6.07, 6.45) is 0. The molecule has 5 heterocycles. The topological polar surface area (TPSA) is 64.3 Å². The highest BCUT2D eigenvalue weighted by Crippen LogP contribution is 2.43. The summed E-state index contributed by atoms with van der Waals surface area (Å²) < 4.78 is 0. The van der Waals surface area contributed by atoms with Crippen molar-refractivity contribution in [1.29, 1.82) is 0 Å².